The topological polar surface area (TPSA) is 71.5 Å². The third kappa shape index (κ3) is 4.11. The number of carbonyl (C=O) groups is 1. The Balaban J connectivity index is 0.000000173. The summed E-state index contributed by atoms with van der Waals surface area (Å²) < 4.78 is 17.1. The van der Waals surface area contributed by atoms with Crippen LogP contribution in [0.4, 0.5) is 10.1 Å². The van der Waals surface area contributed by atoms with E-state index in [-0.39, 0.29) is 0 Å². The Kier molecular flexibility index (Phi) is 5.02. The number of amides is 1. The van der Waals surface area contributed by atoms with Crippen LogP contribution in [0.5, 0.6) is 0 Å². The largest absolute Gasteiger partial charge is 0.491 e. The lowest BCUT2D eigenvalue weighted by molar-refractivity contribution is -0.105. The molecule has 0 bridgehead atoms. The highest BCUT2D eigenvalue weighted by Gasteiger charge is 2.26. The van der Waals surface area contributed by atoms with Gasteiger partial charge in [-0.1, -0.05) is 12.1 Å². The maximum Gasteiger partial charge on any atom is 0.491 e. The van der Waals surface area contributed by atoms with E-state index in [1.165, 1.54) is 6.07 Å². The van der Waals surface area contributed by atoms with Crippen molar-refractivity contribution in [3.05, 3.63) is 53.6 Å². The Morgan fingerprint density at radius 1 is 1.43 bits per heavy atom. The number of nitrogens with zero attached hydrogens (tertiary/aromatic N) is 1. The molecule has 5 nitrogen and oxygen atoms in total. The molecule has 1 aliphatic heterocycles. The molecule has 21 heavy (non-hydrogen) atoms. The second-order valence-corrected chi connectivity index (χ2v) is 4.44. The summed E-state index contributed by atoms with van der Waals surface area (Å²) in [5.41, 5.74) is 3.07. The molecule has 0 unspecified atom stereocenters. The number of anilines is 1. The molecule has 7 heteroatoms. The Morgan fingerprint density at radius 3 is 2.86 bits per heavy atom. The number of carbonyl (C=O) groups excluding carboxylic acids is 1. The van der Waals surface area contributed by atoms with Gasteiger partial charge in [-0.25, -0.2) is 4.98 Å². The number of nitrogens with one attached hydrogen (secondary N) is 1. The lowest BCUT2D eigenvalue weighted by Gasteiger charge is -2.01. The highest BCUT2D eigenvalue weighted by Crippen LogP contribution is 2.13. The molecule has 0 spiro atoms. The van der Waals surface area contributed by atoms with Crippen LogP contribution in [0, 0.1) is 12.9 Å². The van der Waals surface area contributed by atoms with E-state index < -0.39 is 13.1 Å². The molecular weight excluding hydrogens is 274 g/mol. The van der Waals surface area contributed by atoms with Gasteiger partial charge in [0.25, 0.3) is 0 Å². The van der Waals surface area contributed by atoms with E-state index in [1.807, 2.05) is 6.07 Å². The van der Waals surface area contributed by atoms with Crippen LogP contribution in [-0.4, -0.2) is 23.5 Å². The zero-order valence-electron chi connectivity index (χ0n) is 11.4. The summed E-state index contributed by atoms with van der Waals surface area (Å²) in [4.78, 5) is 13.7. The molecule has 1 aliphatic rings. The van der Waals surface area contributed by atoms with Crippen LogP contribution in [0.25, 0.3) is 0 Å². The fourth-order valence-corrected chi connectivity index (χ4v) is 1.88. The molecule has 3 rings (SSSR count). The van der Waals surface area contributed by atoms with E-state index in [0.29, 0.717) is 24.4 Å². The number of rotatable bonds is 2. The van der Waals surface area contributed by atoms with E-state index in [4.69, 9.17) is 4.65 Å². The predicted octanol–water partition coefficient (Wildman–Crippen LogP) is 1.00. The third-order valence-electron chi connectivity index (χ3n) is 2.89. The van der Waals surface area contributed by atoms with Gasteiger partial charge in [-0.2, -0.15) is 4.39 Å². The standard InChI is InChI=1S/C8H8BNO3.C6H6FN/c11-5-10-7-2-1-6-4-13-9(12)8(6)3-7;1-5-3-2-4-6(7)8-5/h1-3,5,12H,4H2,(H,10,11);2-4H,1H3. The smallest absolute Gasteiger partial charge is 0.423 e. The first-order chi connectivity index (χ1) is 10.1. The number of aromatic nitrogens is 1. The van der Waals surface area contributed by atoms with E-state index in [9.17, 15) is 14.2 Å². The summed E-state index contributed by atoms with van der Waals surface area (Å²) in [6.45, 7) is 2.18. The van der Waals surface area contributed by atoms with Crippen LogP contribution < -0.4 is 10.8 Å². The average Bonchev–Trinajstić information content (AvgIpc) is 2.81. The van der Waals surface area contributed by atoms with Gasteiger partial charge < -0.3 is 15.0 Å². The molecule has 2 N–H and O–H groups in total. The van der Waals surface area contributed by atoms with Crippen LogP contribution in [-0.2, 0) is 16.1 Å². The molecule has 2 heterocycles. The average molecular weight is 288 g/mol. The lowest BCUT2D eigenvalue weighted by Crippen LogP contribution is -2.28. The molecule has 1 aromatic heterocycles. The highest BCUT2D eigenvalue weighted by molar-refractivity contribution is 6.61. The number of benzene rings is 1. The van der Waals surface area contributed by atoms with Crippen molar-refractivity contribution in [3.63, 3.8) is 0 Å². The van der Waals surface area contributed by atoms with Gasteiger partial charge in [0.1, 0.15) is 0 Å². The summed E-state index contributed by atoms with van der Waals surface area (Å²) in [5.74, 6) is -0.412. The molecule has 0 saturated heterocycles. The van der Waals surface area contributed by atoms with Gasteiger partial charge >= 0.3 is 7.12 Å². The molecule has 0 radical (unpaired) electrons. The van der Waals surface area contributed by atoms with Crippen LogP contribution in [0.3, 0.4) is 0 Å². The van der Waals surface area contributed by atoms with Crippen LogP contribution in [0.15, 0.2) is 36.4 Å². The zero-order valence-corrected chi connectivity index (χ0v) is 11.4. The first-order valence-electron chi connectivity index (χ1n) is 6.32. The van der Waals surface area contributed by atoms with Crippen molar-refractivity contribution in [2.75, 3.05) is 5.32 Å². The van der Waals surface area contributed by atoms with Gasteiger partial charge in [0.2, 0.25) is 12.4 Å². The Hall–Kier alpha value is -2.25. The summed E-state index contributed by atoms with van der Waals surface area (Å²) in [6, 6.07) is 10.0. The van der Waals surface area contributed by atoms with Crippen molar-refractivity contribution in [1.29, 1.82) is 0 Å². The van der Waals surface area contributed by atoms with E-state index in [2.05, 4.69) is 10.3 Å². The highest BCUT2D eigenvalue weighted by atomic mass is 19.1. The molecule has 1 aromatic carbocycles. The monoisotopic (exact) mass is 288 g/mol. The summed E-state index contributed by atoms with van der Waals surface area (Å²) in [5, 5.41) is 11.8. The first-order valence-corrected chi connectivity index (χ1v) is 6.32. The van der Waals surface area contributed by atoms with E-state index >= 15 is 0 Å². The zero-order chi connectivity index (χ0) is 15.2. The molecule has 0 fully saturated rings. The predicted molar refractivity (Wildman–Crippen MR) is 77.5 cm³/mol. The van der Waals surface area contributed by atoms with E-state index in [1.54, 1.807) is 31.2 Å². The maximum atomic E-state index is 12.1. The molecule has 0 saturated carbocycles. The first kappa shape index (κ1) is 15.1. The van der Waals surface area contributed by atoms with Crippen LogP contribution in [0.2, 0.25) is 0 Å². The quantitative estimate of drug-likeness (QED) is 0.491. The van der Waals surface area contributed by atoms with Gasteiger partial charge in [-0.3, -0.25) is 4.79 Å². The van der Waals surface area contributed by atoms with E-state index in [0.717, 1.165) is 11.0 Å². The molecule has 0 atom stereocenters. The SMILES string of the molecule is Cc1cccc(F)n1.O=CNc1ccc2c(c1)B(O)OC2. The molecule has 2 aromatic rings. The van der Waals surface area contributed by atoms with Crippen molar-refractivity contribution >= 4 is 24.7 Å². The third-order valence-corrected chi connectivity index (χ3v) is 2.89. The minimum Gasteiger partial charge on any atom is -0.423 e. The van der Waals surface area contributed by atoms with Crippen LogP contribution in [0.1, 0.15) is 11.3 Å². The maximum absolute atomic E-state index is 12.1. The van der Waals surface area contributed by atoms with Crippen molar-refractivity contribution in [2.45, 2.75) is 13.5 Å². The van der Waals surface area contributed by atoms with Gasteiger partial charge in [0, 0.05) is 11.4 Å². The Morgan fingerprint density at radius 2 is 2.24 bits per heavy atom. The Bertz CT molecular complexity index is 622. The summed E-state index contributed by atoms with van der Waals surface area (Å²) in [7, 11) is -0.858. The van der Waals surface area contributed by atoms with Crippen molar-refractivity contribution < 1.29 is 18.9 Å². The normalized spacial score (nSPS) is 12.2. The second-order valence-electron chi connectivity index (χ2n) is 4.44. The molecule has 1 amide bonds. The molecule has 0 aliphatic carbocycles. The van der Waals surface area contributed by atoms with Crippen molar-refractivity contribution in [3.8, 4) is 0 Å². The summed E-state index contributed by atoms with van der Waals surface area (Å²) >= 11 is 0. The number of hydrogen-bond acceptors (Lipinski definition) is 4. The van der Waals surface area contributed by atoms with Crippen LogP contribution >= 0.6 is 0 Å². The van der Waals surface area contributed by atoms with Gasteiger partial charge in [0.15, 0.2) is 0 Å². The fourth-order valence-electron chi connectivity index (χ4n) is 1.88. The van der Waals surface area contributed by atoms with Crippen molar-refractivity contribution in [1.82, 2.24) is 4.98 Å². The van der Waals surface area contributed by atoms with Gasteiger partial charge in [0.05, 0.1) is 6.61 Å². The number of pyridine rings is 1. The number of fused-ring (bicyclic) bond motifs is 1. The number of halogens is 1. The van der Waals surface area contributed by atoms with Gasteiger partial charge in [-0.05, 0) is 42.2 Å². The second kappa shape index (κ2) is 6.96. The van der Waals surface area contributed by atoms with Gasteiger partial charge in [-0.15, -0.1) is 0 Å². The number of hydrogen-bond donors (Lipinski definition) is 2. The minimum atomic E-state index is -0.858. The lowest BCUT2D eigenvalue weighted by atomic mass is 9.79. The minimum absolute atomic E-state index is 0.412. The molecular formula is C14H14BFN2O3. The summed E-state index contributed by atoms with van der Waals surface area (Å²) in [6.07, 6.45) is 0.601. The molecule has 108 valence electrons. The number of aryl methyl sites for hydroxylation is 1. The fraction of sp³-hybridized carbons (Fsp3) is 0.143. The Labute approximate surface area is 121 Å². The van der Waals surface area contributed by atoms with Crippen molar-refractivity contribution in [2.24, 2.45) is 0 Å².